The number of sulfonamides is 1. The van der Waals surface area contributed by atoms with Gasteiger partial charge in [0.25, 0.3) is 0 Å². The lowest BCUT2D eigenvalue weighted by atomic mass is 10.4. The molecule has 0 aliphatic heterocycles. The summed E-state index contributed by atoms with van der Waals surface area (Å²) in [4.78, 5) is 10.2. The van der Waals surface area contributed by atoms with Crippen LogP contribution in [0.25, 0.3) is 0 Å². The summed E-state index contributed by atoms with van der Waals surface area (Å²) in [6, 6.07) is 2.76. The maximum atomic E-state index is 11.8. The predicted octanol–water partition coefficient (Wildman–Crippen LogP) is 1.52. The van der Waals surface area contributed by atoms with Crippen LogP contribution in [0.1, 0.15) is 0 Å². The third-order valence-electron chi connectivity index (χ3n) is 1.67. The number of nitrogens with one attached hydrogen (secondary N) is 1. The van der Waals surface area contributed by atoms with Crippen molar-refractivity contribution in [2.75, 3.05) is 6.54 Å². The van der Waals surface area contributed by atoms with E-state index in [1.807, 2.05) is 4.72 Å². The molecule has 0 radical (unpaired) electrons. The lowest BCUT2D eigenvalue weighted by molar-refractivity contribution is -0.116. The van der Waals surface area contributed by atoms with Crippen LogP contribution in [-0.2, 0) is 14.8 Å². The van der Waals surface area contributed by atoms with Gasteiger partial charge in [-0.2, -0.15) is 0 Å². The van der Waals surface area contributed by atoms with E-state index >= 15 is 0 Å². The van der Waals surface area contributed by atoms with Crippen LogP contribution in [0.4, 0.5) is 0 Å². The smallest absolute Gasteiger partial charge is 0.244 e. The summed E-state index contributed by atoms with van der Waals surface area (Å²) in [6.07, 6.45) is 0. The minimum Gasteiger partial charge on any atom is -0.369 e. The molecule has 1 aromatic rings. The van der Waals surface area contributed by atoms with Crippen molar-refractivity contribution in [3.8, 4) is 0 Å². The number of carbonyl (C=O) groups is 1. The SMILES string of the molecule is NC(=O)CNS(=O)(=O)c1c(Cl)cc(Br)cc1Cl. The Morgan fingerprint density at radius 2 is 1.82 bits per heavy atom. The highest BCUT2D eigenvalue weighted by Gasteiger charge is 2.22. The number of primary amides is 1. The van der Waals surface area contributed by atoms with E-state index in [1.54, 1.807) is 0 Å². The van der Waals surface area contributed by atoms with Gasteiger partial charge in [0.05, 0.1) is 16.6 Å². The summed E-state index contributed by atoms with van der Waals surface area (Å²) in [5, 5.41) is -0.109. The number of hydrogen-bond acceptors (Lipinski definition) is 3. The highest BCUT2D eigenvalue weighted by atomic mass is 79.9. The standard InChI is InChI=1S/C8H7BrCl2N2O3S/c9-4-1-5(10)8(6(11)2-4)17(15,16)13-3-7(12)14/h1-2,13H,3H2,(H2,12,14). The maximum absolute atomic E-state index is 11.8. The molecule has 3 N–H and O–H groups in total. The van der Waals surface area contributed by atoms with Crippen molar-refractivity contribution in [3.05, 3.63) is 26.7 Å². The maximum Gasteiger partial charge on any atom is 0.244 e. The van der Waals surface area contributed by atoms with Gasteiger partial charge in [-0.3, -0.25) is 4.79 Å². The molecule has 0 atom stereocenters. The molecule has 1 amide bonds. The van der Waals surface area contributed by atoms with Crippen molar-refractivity contribution >= 4 is 55.1 Å². The van der Waals surface area contributed by atoms with E-state index in [4.69, 9.17) is 28.9 Å². The second-order valence-corrected chi connectivity index (χ2v) is 6.42. The Morgan fingerprint density at radius 3 is 2.24 bits per heavy atom. The van der Waals surface area contributed by atoms with E-state index in [0.29, 0.717) is 4.47 Å². The first-order chi connectivity index (χ1) is 7.74. The minimum absolute atomic E-state index is 0.0543. The van der Waals surface area contributed by atoms with E-state index < -0.39 is 22.5 Å². The van der Waals surface area contributed by atoms with E-state index in [-0.39, 0.29) is 14.9 Å². The first kappa shape index (κ1) is 14.7. The molecule has 0 spiro atoms. The van der Waals surface area contributed by atoms with Gasteiger partial charge in [0.15, 0.2) is 0 Å². The third kappa shape index (κ3) is 3.82. The van der Waals surface area contributed by atoms with Gasteiger partial charge >= 0.3 is 0 Å². The van der Waals surface area contributed by atoms with Crippen LogP contribution < -0.4 is 10.5 Å². The van der Waals surface area contributed by atoms with Crippen molar-refractivity contribution < 1.29 is 13.2 Å². The highest BCUT2D eigenvalue weighted by Crippen LogP contribution is 2.32. The molecule has 17 heavy (non-hydrogen) atoms. The summed E-state index contributed by atoms with van der Waals surface area (Å²) in [5.41, 5.74) is 4.84. The van der Waals surface area contributed by atoms with Crippen LogP contribution in [0.2, 0.25) is 10.0 Å². The molecule has 0 aliphatic carbocycles. The second kappa shape index (κ2) is 5.53. The van der Waals surface area contributed by atoms with Crippen molar-refractivity contribution in [1.29, 1.82) is 0 Å². The van der Waals surface area contributed by atoms with E-state index in [0.717, 1.165) is 0 Å². The molecule has 0 saturated heterocycles. The minimum atomic E-state index is -3.97. The Morgan fingerprint density at radius 1 is 1.35 bits per heavy atom. The summed E-state index contributed by atoms with van der Waals surface area (Å²) < 4.78 is 26.1. The number of benzene rings is 1. The fourth-order valence-corrected chi connectivity index (χ4v) is 3.95. The molecule has 0 aromatic heterocycles. The van der Waals surface area contributed by atoms with Crippen molar-refractivity contribution in [1.82, 2.24) is 4.72 Å². The Labute approximate surface area is 116 Å². The van der Waals surface area contributed by atoms with Gasteiger partial charge in [-0.25, -0.2) is 13.1 Å². The Hall–Kier alpha value is -0.340. The number of hydrogen-bond donors (Lipinski definition) is 2. The molecule has 1 rings (SSSR count). The molecule has 0 saturated carbocycles. The van der Waals surface area contributed by atoms with Crippen LogP contribution in [0.3, 0.4) is 0 Å². The summed E-state index contributed by atoms with van der Waals surface area (Å²) >= 11 is 14.7. The molecule has 94 valence electrons. The van der Waals surface area contributed by atoms with Gasteiger partial charge in [-0.15, -0.1) is 0 Å². The van der Waals surface area contributed by atoms with Gasteiger partial charge in [0.1, 0.15) is 4.90 Å². The first-order valence-electron chi connectivity index (χ1n) is 4.16. The van der Waals surface area contributed by atoms with Gasteiger partial charge in [0.2, 0.25) is 15.9 Å². The van der Waals surface area contributed by atoms with Crippen molar-refractivity contribution in [2.45, 2.75) is 4.90 Å². The fourth-order valence-electron chi connectivity index (χ4n) is 1.02. The van der Waals surface area contributed by atoms with Crippen LogP contribution in [0, 0.1) is 0 Å². The summed E-state index contributed by atoms with van der Waals surface area (Å²) in [6.45, 7) is -0.523. The highest BCUT2D eigenvalue weighted by molar-refractivity contribution is 9.10. The quantitative estimate of drug-likeness (QED) is 0.851. The Balaban J connectivity index is 3.20. The fraction of sp³-hybridized carbons (Fsp3) is 0.125. The summed E-state index contributed by atoms with van der Waals surface area (Å²) in [5.74, 6) is -0.807. The lowest BCUT2D eigenvalue weighted by Crippen LogP contribution is -2.33. The van der Waals surface area contributed by atoms with Crippen LogP contribution in [-0.4, -0.2) is 20.9 Å². The van der Waals surface area contributed by atoms with Crippen LogP contribution >= 0.6 is 39.1 Å². The molecule has 1 aromatic carbocycles. The molecule has 0 heterocycles. The Kier molecular flexibility index (Phi) is 4.79. The van der Waals surface area contributed by atoms with E-state index in [1.165, 1.54) is 12.1 Å². The molecular formula is C8H7BrCl2N2O3S. The zero-order chi connectivity index (χ0) is 13.2. The van der Waals surface area contributed by atoms with Gasteiger partial charge in [0, 0.05) is 4.47 Å². The molecular weight excluding hydrogens is 355 g/mol. The monoisotopic (exact) mass is 360 g/mol. The van der Waals surface area contributed by atoms with Crippen molar-refractivity contribution in [2.24, 2.45) is 5.73 Å². The second-order valence-electron chi connectivity index (χ2n) is 2.99. The molecule has 9 heteroatoms. The van der Waals surface area contributed by atoms with Crippen LogP contribution in [0.5, 0.6) is 0 Å². The molecule has 0 fully saturated rings. The molecule has 0 unspecified atom stereocenters. The number of rotatable bonds is 4. The number of nitrogens with two attached hydrogens (primary N) is 1. The normalized spacial score (nSPS) is 11.5. The van der Waals surface area contributed by atoms with Crippen molar-refractivity contribution in [3.63, 3.8) is 0 Å². The predicted molar refractivity (Wildman–Crippen MR) is 68.5 cm³/mol. The third-order valence-corrected chi connectivity index (χ3v) is 4.45. The average Bonchev–Trinajstić information content (AvgIpc) is 2.12. The van der Waals surface area contributed by atoms with Crippen LogP contribution in [0.15, 0.2) is 21.5 Å². The summed E-state index contributed by atoms with van der Waals surface area (Å²) in [7, 11) is -3.97. The molecule has 0 aliphatic rings. The number of halogens is 3. The number of carbonyl (C=O) groups excluding carboxylic acids is 1. The van der Waals surface area contributed by atoms with E-state index in [2.05, 4.69) is 15.9 Å². The first-order valence-corrected chi connectivity index (χ1v) is 7.20. The molecule has 0 bridgehead atoms. The topological polar surface area (TPSA) is 89.3 Å². The van der Waals surface area contributed by atoms with Gasteiger partial charge in [-0.1, -0.05) is 39.1 Å². The zero-order valence-electron chi connectivity index (χ0n) is 8.21. The van der Waals surface area contributed by atoms with E-state index in [9.17, 15) is 13.2 Å². The molecule has 5 nitrogen and oxygen atoms in total. The zero-order valence-corrected chi connectivity index (χ0v) is 12.1. The Bertz CT molecular complexity index is 539. The van der Waals surface area contributed by atoms with Gasteiger partial charge in [-0.05, 0) is 12.1 Å². The number of amides is 1. The average molecular weight is 362 g/mol. The largest absolute Gasteiger partial charge is 0.369 e. The lowest BCUT2D eigenvalue weighted by Gasteiger charge is -2.09. The van der Waals surface area contributed by atoms with Gasteiger partial charge < -0.3 is 5.73 Å².